The molecule has 0 bridgehead atoms. The van der Waals surface area contributed by atoms with Gasteiger partial charge in [0.25, 0.3) is 5.91 Å². The summed E-state index contributed by atoms with van der Waals surface area (Å²) in [6.07, 6.45) is 5.21. The van der Waals surface area contributed by atoms with Crippen LogP contribution in [0.1, 0.15) is 36.1 Å². The number of anilines is 1. The summed E-state index contributed by atoms with van der Waals surface area (Å²) >= 11 is 1.44. The number of halogens is 1. The Morgan fingerprint density at radius 2 is 1.78 bits per heavy atom. The zero-order valence-corrected chi connectivity index (χ0v) is 21.9. The standard InChI is InChI=1S/C30H31FN2O3S/c1-4-7-23-16-22(17-26(35-6-3)28(23)36-19-21-8-12-24(31)13-9-21)18-27-29(34)33-30(37-27)32-25-14-10-20(5-2)11-15-25/h4,8-18,30,32H,1,5-7,19H2,2-3H3,(H,33,34)/b27-18-/t30-/m1/s1. The molecule has 2 N–H and O–H groups in total. The second kappa shape index (κ2) is 12.5. The quantitative estimate of drug-likeness (QED) is 0.219. The number of ether oxygens (including phenoxy) is 2. The van der Waals surface area contributed by atoms with Crippen molar-refractivity contribution in [3.8, 4) is 11.5 Å². The van der Waals surface area contributed by atoms with E-state index in [0.29, 0.717) is 29.4 Å². The van der Waals surface area contributed by atoms with Crippen molar-refractivity contribution in [2.45, 2.75) is 38.8 Å². The van der Waals surface area contributed by atoms with Gasteiger partial charge in [-0.25, -0.2) is 4.39 Å². The predicted molar refractivity (Wildman–Crippen MR) is 149 cm³/mol. The van der Waals surface area contributed by atoms with Crippen LogP contribution in [0.15, 0.2) is 78.2 Å². The van der Waals surface area contributed by atoms with E-state index >= 15 is 0 Å². The smallest absolute Gasteiger partial charge is 0.260 e. The van der Waals surface area contributed by atoms with Gasteiger partial charge in [-0.3, -0.25) is 4.79 Å². The number of rotatable bonds is 11. The highest BCUT2D eigenvalue weighted by atomic mass is 32.2. The number of carbonyl (C=O) groups excluding carboxylic acids is 1. The molecule has 0 saturated carbocycles. The van der Waals surface area contributed by atoms with Crippen molar-refractivity contribution in [2.24, 2.45) is 0 Å². The first-order valence-electron chi connectivity index (χ1n) is 12.3. The highest BCUT2D eigenvalue weighted by Crippen LogP contribution is 2.37. The lowest BCUT2D eigenvalue weighted by Gasteiger charge is -2.17. The Bertz CT molecular complexity index is 1270. The Balaban J connectivity index is 1.55. The van der Waals surface area contributed by atoms with E-state index in [-0.39, 0.29) is 23.8 Å². The molecule has 0 aromatic heterocycles. The maximum absolute atomic E-state index is 13.3. The van der Waals surface area contributed by atoms with Gasteiger partial charge in [-0.2, -0.15) is 0 Å². The largest absolute Gasteiger partial charge is 0.490 e. The number of carbonyl (C=O) groups is 1. The molecule has 1 aliphatic heterocycles. The summed E-state index contributed by atoms with van der Waals surface area (Å²) < 4.78 is 25.3. The van der Waals surface area contributed by atoms with Gasteiger partial charge in [0.2, 0.25) is 0 Å². The highest BCUT2D eigenvalue weighted by molar-refractivity contribution is 8.05. The van der Waals surface area contributed by atoms with Gasteiger partial charge in [-0.1, -0.05) is 49.0 Å². The third-order valence-electron chi connectivity index (χ3n) is 5.80. The van der Waals surface area contributed by atoms with E-state index in [1.54, 1.807) is 18.2 Å². The van der Waals surface area contributed by atoms with Gasteiger partial charge in [-0.15, -0.1) is 6.58 Å². The van der Waals surface area contributed by atoms with Gasteiger partial charge in [0, 0.05) is 11.3 Å². The molecular formula is C30H31FN2O3S. The minimum Gasteiger partial charge on any atom is -0.490 e. The zero-order valence-electron chi connectivity index (χ0n) is 21.1. The molecule has 1 heterocycles. The number of thioether (sulfide) groups is 1. The second-order valence-corrected chi connectivity index (χ2v) is 9.67. The third-order valence-corrected chi connectivity index (χ3v) is 6.83. The van der Waals surface area contributed by atoms with E-state index in [0.717, 1.165) is 28.8 Å². The van der Waals surface area contributed by atoms with Crippen molar-refractivity contribution in [1.29, 1.82) is 0 Å². The highest BCUT2D eigenvalue weighted by Gasteiger charge is 2.27. The summed E-state index contributed by atoms with van der Waals surface area (Å²) in [6.45, 7) is 8.63. The second-order valence-electron chi connectivity index (χ2n) is 8.52. The van der Waals surface area contributed by atoms with Crippen molar-refractivity contribution in [3.05, 3.63) is 106 Å². The molecule has 1 aliphatic rings. The van der Waals surface area contributed by atoms with Crippen LogP contribution in [0.25, 0.3) is 6.08 Å². The third kappa shape index (κ3) is 6.95. The molecule has 0 radical (unpaired) electrons. The van der Waals surface area contributed by atoms with Crippen molar-refractivity contribution < 1.29 is 18.7 Å². The van der Waals surface area contributed by atoms with Gasteiger partial charge >= 0.3 is 0 Å². The van der Waals surface area contributed by atoms with Crippen LogP contribution in [-0.2, 0) is 24.2 Å². The van der Waals surface area contributed by atoms with E-state index < -0.39 is 0 Å². The van der Waals surface area contributed by atoms with Crippen LogP contribution in [0.5, 0.6) is 11.5 Å². The SMILES string of the molecule is C=CCc1cc(/C=C2\S[C@H](Nc3ccc(CC)cc3)NC2=O)cc(OCC)c1OCc1ccc(F)cc1. The molecule has 0 unspecified atom stereocenters. The molecule has 7 heteroatoms. The fraction of sp³-hybridized carbons (Fsp3) is 0.233. The minimum absolute atomic E-state index is 0.132. The molecule has 5 nitrogen and oxygen atoms in total. The van der Waals surface area contributed by atoms with Crippen LogP contribution < -0.4 is 20.1 Å². The van der Waals surface area contributed by atoms with Crippen molar-refractivity contribution in [3.63, 3.8) is 0 Å². The number of amides is 1. The van der Waals surface area contributed by atoms with E-state index in [1.807, 2.05) is 37.3 Å². The lowest BCUT2D eigenvalue weighted by Crippen LogP contribution is -2.30. The minimum atomic E-state index is -0.288. The van der Waals surface area contributed by atoms with Gasteiger partial charge in [0.05, 0.1) is 11.5 Å². The first-order valence-corrected chi connectivity index (χ1v) is 13.2. The summed E-state index contributed by atoms with van der Waals surface area (Å²) in [5.41, 5.74) is 4.53. The first kappa shape index (κ1) is 26.4. The normalized spacial score (nSPS) is 15.9. The number of hydrogen-bond acceptors (Lipinski definition) is 5. The van der Waals surface area contributed by atoms with Crippen molar-refractivity contribution in [1.82, 2.24) is 5.32 Å². The molecular weight excluding hydrogens is 487 g/mol. The van der Waals surface area contributed by atoms with Crippen molar-refractivity contribution in [2.75, 3.05) is 11.9 Å². The predicted octanol–water partition coefficient (Wildman–Crippen LogP) is 6.69. The monoisotopic (exact) mass is 518 g/mol. The molecule has 1 amide bonds. The number of allylic oxidation sites excluding steroid dienone is 1. The molecule has 1 saturated heterocycles. The maximum atomic E-state index is 13.3. The maximum Gasteiger partial charge on any atom is 0.260 e. The average molecular weight is 519 g/mol. The van der Waals surface area contributed by atoms with Crippen LogP contribution in [-0.4, -0.2) is 18.0 Å². The topological polar surface area (TPSA) is 59.6 Å². The number of aryl methyl sites for hydroxylation is 1. The van der Waals surface area contributed by atoms with Gasteiger partial charge < -0.3 is 20.1 Å². The first-order chi connectivity index (χ1) is 18.0. The van der Waals surface area contributed by atoms with Crippen LogP contribution >= 0.6 is 11.8 Å². The Morgan fingerprint density at radius 3 is 2.46 bits per heavy atom. The van der Waals surface area contributed by atoms with Crippen LogP contribution in [0.4, 0.5) is 10.1 Å². The van der Waals surface area contributed by atoms with Crippen LogP contribution in [0, 0.1) is 5.82 Å². The fourth-order valence-electron chi connectivity index (χ4n) is 3.94. The van der Waals surface area contributed by atoms with Crippen LogP contribution in [0.3, 0.4) is 0 Å². The molecule has 1 fully saturated rings. The number of benzene rings is 3. The van der Waals surface area contributed by atoms with E-state index in [9.17, 15) is 9.18 Å². The number of nitrogens with one attached hydrogen (secondary N) is 2. The summed E-state index contributed by atoms with van der Waals surface area (Å²) in [5.74, 6) is 0.786. The number of hydrogen-bond donors (Lipinski definition) is 2. The zero-order chi connectivity index (χ0) is 26.2. The Labute approximate surface area is 221 Å². The summed E-state index contributed by atoms with van der Waals surface area (Å²) in [6, 6.07) is 18.3. The lowest BCUT2D eigenvalue weighted by molar-refractivity contribution is -0.116. The van der Waals surface area contributed by atoms with E-state index in [1.165, 1.54) is 29.5 Å². The Kier molecular flexibility index (Phi) is 8.90. The van der Waals surface area contributed by atoms with Gasteiger partial charge in [-0.05, 0) is 78.9 Å². The molecule has 1 atom stereocenters. The van der Waals surface area contributed by atoms with E-state index in [2.05, 4.69) is 36.3 Å². The molecule has 192 valence electrons. The van der Waals surface area contributed by atoms with E-state index in [4.69, 9.17) is 9.47 Å². The average Bonchev–Trinajstić information content (AvgIpc) is 3.23. The summed E-state index contributed by atoms with van der Waals surface area (Å²) in [7, 11) is 0. The lowest BCUT2D eigenvalue weighted by atomic mass is 10.0. The molecule has 3 aromatic rings. The van der Waals surface area contributed by atoms with Gasteiger partial charge in [0.15, 0.2) is 17.0 Å². The van der Waals surface area contributed by atoms with Crippen molar-refractivity contribution >= 4 is 29.4 Å². The van der Waals surface area contributed by atoms with Gasteiger partial charge in [0.1, 0.15) is 12.4 Å². The van der Waals surface area contributed by atoms with Crippen LogP contribution in [0.2, 0.25) is 0 Å². The molecule has 4 rings (SSSR count). The Hall–Kier alpha value is -3.71. The molecule has 0 aliphatic carbocycles. The summed E-state index contributed by atoms with van der Waals surface area (Å²) in [5, 5.41) is 6.34. The summed E-state index contributed by atoms with van der Waals surface area (Å²) in [4.78, 5) is 13.3. The fourth-order valence-corrected chi connectivity index (χ4v) is 4.93. The molecule has 0 spiro atoms. The molecule has 37 heavy (non-hydrogen) atoms. The molecule has 3 aromatic carbocycles. The Morgan fingerprint density at radius 1 is 1.05 bits per heavy atom.